The highest BCUT2D eigenvalue weighted by Gasteiger charge is 2.30. The number of alkyl halides is 3. The van der Waals surface area contributed by atoms with Gasteiger partial charge in [-0.1, -0.05) is 54.1 Å². The van der Waals surface area contributed by atoms with Crippen molar-refractivity contribution in [3.8, 4) is 11.1 Å². The molecule has 1 atom stereocenters. The number of halogens is 3. The fourth-order valence-electron chi connectivity index (χ4n) is 5.57. The Balaban J connectivity index is 1.31. The van der Waals surface area contributed by atoms with Crippen LogP contribution in [-0.4, -0.2) is 0 Å². The standard InChI is InChI=1S/C29H33F3/c1-2-3-4-21-5-7-22(8-6-21)23-9-11-24(12-10-23)25-13-15-26(16-14-25)27-17-19-28(20-18-27)29(30,31)32/h2,5,13-20,22-24H,1,3-4,6-12H2. The Morgan fingerprint density at radius 2 is 1.44 bits per heavy atom. The van der Waals surface area contributed by atoms with Gasteiger partial charge >= 0.3 is 6.18 Å². The Kier molecular flexibility index (Phi) is 7.23. The van der Waals surface area contributed by atoms with Crippen molar-refractivity contribution in [2.45, 2.75) is 69.9 Å². The van der Waals surface area contributed by atoms with E-state index in [2.05, 4.69) is 36.9 Å². The molecular formula is C29H33F3. The summed E-state index contributed by atoms with van der Waals surface area (Å²) in [5, 5.41) is 0. The Morgan fingerprint density at radius 1 is 0.812 bits per heavy atom. The van der Waals surface area contributed by atoms with E-state index in [-0.39, 0.29) is 0 Å². The van der Waals surface area contributed by atoms with Crippen molar-refractivity contribution in [3.63, 3.8) is 0 Å². The normalized spacial score (nSPS) is 24.1. The number of hydrogen-bond acceptors (Lipinski definition) is 0. The first-order chi connectivity index (χ1) is 15.4. The summed E-state index contributed by atoms with van der Waals surface area (Å²) in [6.45, 7) is 3.83. The Hall–Kier alpha value is -2.29. The first-order valence-corrected chi connectivity index (χ1v) is 12.0. The maximum atomic E-state index is 12.8. The van der Waals surface area contributed by atoms with E-state index in [1.807, 2.05) is 6.08 Å². The SMILES string of the molecule is C=CCCC1=CCC(C2CCC(c3ccc(-c4ccc(C(F)(F)F)cc4)cc3)CC2)CC1. The van der Waals surface area contributed by atoms with Crippen molar-refractivity contribution in [2.24, 2.45) is 11.8 Å². The molecule has 2 aliphatic carbocycles. The monoisotopic (exact) mass is 438 g/mol. The maximum absolute atomic E-state index is 12.8. The quantitative estimate of drug-likeness (QED) is 0.394. The summed E-state index contributed by atoms with van der Waals surface area (Å²) in [6.07, 6.45) is 11.5. The van der Waals surface area contributed by atoms with Crippen LogP contribution in [0, 0.1) is 11.8 Å². The second kappa shape index (κ2) is 10.1. The fourth-order valence-corrected chi connectivity index (χ4v) is 5.57. The third-order valence-electron chi connectivity index (χ3n) is 7.58. The van der Waals surface area contributed by atoms with Crippen LogP contribution in [0.15, 0.2) is 72.8 Å². The highest BCUT2D eigenvalue weighted by molar-refractivity contribution is 5.64. The van der Waals surface area contributed by atoms with Gasteiger partial charge < -0.3 is 0 Å². The third kappa shape index (κ3) is 5.54. The van der Waals surface area contributed by atoms with Crippen LogP contribution in [0.25, 0.3) is 11.1 Å². The molecule has 2 aromatic rings. The first-order valence-electron chi connectivity index (χ1n) is 12.0. The van der Waals surface area contributed by atoms with Crippen molar-refractivity contribution >= 4 is 0 Å². The lowest BCUT2D eigenvalue weighted by Gasteiger charge is -2.35. The molecule has 2 aromatic carbocycles. The van der Waals surface area contributed by atoms with Crippen LogP contribution >= 0.6 is 0 Å². The number of hydrogen-bond donors (Lipinski definition) is 0. The molecule has 0 radical (unpaired) electrons. The van der Waals surface area contributed by atoms with E-state index < -0.39 is 11.7 Å². The summed E-state index contributed by atoms with van der Waals surface area (Å²) in [5.41, 5.74) is 4.19. The van der Waals surface area contributed by atoms with Gasteiger partial charge in [-0.3, -0.25) is 0 Å². The van der Waals surface area contributed by atoms with Crippen molar-refractivity contribution in [1.82, 2.24) is 0 Å². The Bertz CT molecular complexity index is 910. The number of rotatable bonds is 6. The second-order valence-electron chi connectivity index (χ2n) is 9.53. The maximum Gasteiger partial charge on any atom is 0.416 e. The minimum absolute atomic E-state index is 0.601. The fraction of sp³-hybridized carbons (Fsp3) is 0.448. The molecule has 170 valence electrons. The van der Waals surface area contributed by atoms with Gasteiger partial charge in [0, 0.05) is 0 Å². The second-order valence-corrected chi connectivity index (χ2v) is 9.53. The highest BCUT2D eigenvalue weighted by atomic mass is 19.4. The van der Waals surface area contributed by atoms with E-state index >= 15 is 0 Å². The zero-order valence-electron chi connectivity index (χ0n) is 18.7. The van der Waals surface area contributed by atoms with Crippen LogP contribution in [0.3, 0.4) is 0 Å². The molecule has 4 rings (SSSR count). The van der Waals surface area contributed by atoms with Gasteiger partial charge in [-0.2, -0.15) is 13.2 Å². The average molecular weight is 439 g/mol. The molecule has 32 heavy (non-hydrogen) atoms. The largest absolute Gasteiger partial charge is 0.416 e. The summed E-state index contributed by atoms with van der Waals surface area (Å²) in [5.74, 6) is 2.32. The molecule has 0 saturated heterocycles. The number of allylic oxidation sites excluding steroid dienone is 3. The van der Waals surface area contributed by atoms with Gasteiger partial charge in [-0.25, -0.2) is 0 Å². The summed E-state index contributed by atoms with van der Waals surface area (Å²) >= 11 is 0. The third-order valence-corrected chi connectivity index (χ3v) is 7.58. The Labute approximate surface area is 190 Å². The lowest BCUT2D eigenvalue weighted by Crippen LogP contribution is -2.22. The van der Waals surface area contributed by atoms with Crippen LogP contribution in [0.1, 0.15) is 74.8 Å². The van der Waals surface area contributed by atoms with Crippen molar-refractivity contribution in [3.05, 3.63) is 84.0 Å². The van der Waals surface area contributed by atoms with Gasteiger partial charge in [-0.15, -0.1) is 6.58 Å². The van der Waals surface area contributed by atoms with Crippen LogP contribution < -0.4 is 0 Å². The summed E-state index contributed by atoms with van der Waals surface area (Å²) in [7, 11) is 0. The molecule has 0 N–H and O–H groups in total. The van der Waals surface area contributed by atoms with E-state index in [0.29, 0.717) is 5.92 Å². The molecule has 3 heteroatoms. The first kappa shape index (κ1) is 22.9. The van der Waals surface area contributed by atoms with Gasteiger partial charge in [0.25, 0.3) is 0 Å². The lowest BCUT2D eigenvalue weighted by atomic mass is 9.70. The predicted molar refractivity (Wildman–Crippen MR) is 126 cm³/mol. The van der Waals surface area contributed by atoms with Crippen LogP contribution in [-0.2, 0) is 6.18 Å². The minimum Gasteiger partial charge on any atom is -0.166 e. The van der Waals surface area contributed by atoms with Gasteiger partial charge in [0.2, 0.25) is 0 Å². The van der Waals surface area contributed by atoms with Crippen LogP contribution in [0.2, 0.25) is 0 Å². The van der Waals surface area contributed by atoms with E-state index in [1.54, 1.807) is 17.7 Å². The predicted octanol–water partition coefficient (Wildman–Crippen LogP) is 9.34. The zero-order chi connectivity index (χ0) is 22.6. The molecule has 1 fully saturated rings. The molecule has 0 bridgehead atoms. The summed E-state index contributed by atoms with van der Waals surface area (Å²) in [4.78, 5) is 0. The lowest BCUT2D eigenvalue weighted by molar-refractivity contribution is -0.137. The molecule has 0 amide bonds. The molecule has 0 aliphatic heterocycles. The van der Waals surface area contributed by atoms with E-state index in [4.69, 9.17) is 0 Å². The summed E-state index contributed by atoms with van der Waals surface area (Å²) in [6, 6.07) is 13.9. The minimum atomic E-state index is -4.29. The Morgan fingerprint density at radius 3 is 1.97 bits per heavy atom. The van der Waals surface area contributed by atoms with Crippen LogP contribution in [0.4, 0.5) is 13.2 Å². The van der Waals surface area contributed by atoms with E-state index in [0.717, 1.165) is 41.5 Å². The molecule has 2 aliphatic rings. The van der Waals surface area contributed by atoms with Gasteiger partial charge in [0.1, 0.15) is 0 Å². The van der Waals surface area contributed by atoms with Crippen molar-refractivity contribution in [2.75, 3.05) is 0 Å². The van der Waals surface area contributed by atoms with Gasteiger partial charge in [-0.05, 0) is 104 Å². The highest BCUT2D eigenvalue weighted by Crippen LogP contribution is 2.43. The van der Waals surface area contributed by atoms with E-state index in [9.17, 15) is 13.2 Å². The van der Waals surface area contributed by atoms with Crippen molar-refractivity contribution in [1.29, 1.82) is 0 Å². The molecule has 0 aromatic heterocycles. The molecule has 0 nitrogen and oxygen atoms in total. The van der Waals surface area contributed by atoms with Crippen LogP contribution in [0.5, 0.6) is 0 Å². The molecule has 1 unspecified atom stereocenters. The molecule has 1 saturated carbocycles. The van der Waals surface area contributed by atoms with Gasteiger partial charge in [0.15, 0.2) is 0 Å². The van der Waals surface area contributed by atoms with Crippen molar-refractivity contribution < 1.29 is 13.2 Å². The zero-order valence-corrected chi connectivity index (χ0v) is 18.7. The molecular weight excluding hydrogens is 405 g/mol. The van der Waals surface area contributed by atoms with E-state index in [1.165, 1.54) is 56.9 Å². The van der Waals surface area contributed by atoms with Gasteiger partial charge in [0.05, 0.1) is 5.56 Å². The number of benzene rings is 2. The summed E-state index contributed by atoms with van der Waals surface area (Å²) < 4.78 is 38.3. The average Bonchev–Trinajstić information content (AvgIpc) is 2.83. The smallest absolute Gasteiger partial charge is 0.166 e. The topological polar surface area (TPSA) is 0 Å². The molecule has 0 spiro atoms. The molecule has 0 heterocycles.